The van der Waals surface area contributed by atoms with E-state index in [-0.39, 0.29) is 5.56 Å². The largest absolute Gasteiger partial charge is 0.490 e. The maximum atomic E-state index is 12.4. The Balaban J connectivity index is 1.57. The van der Waals surface area contributed by atoms with Crippen LogP contribution in [0.15, 0.2) is 72.8 Å². The first-order chi connectivity index (χ1) is 14.9. The molecule has 10 nitrogen and oxygen atoms in total. The molecule has 0 atom stereocenters. The lowest BCUT2D eigenvalue weighted by Gasteiger charge is -2.09. The summed E-state index contributed by atoms with van der Waals surface area (Å²) in [6, 6.07) is 18.5. The summed E-state index contributed by atoms with van der Waals surface area (Å²) in [5, 5.41) is 24.5. The number of amides is 1. The molecule has 0 unspecified atom stereocenters. The van der Waals surface area contributed by atoms with Crippen molar-refractivity contribution in [3.63, 3.8) is 0 Å². The van der Waals surface area contributed by atoms with Gasteiger partial charge in [0.25, 0.3) is 17.3 Å². The number of nitrogens with one attached hydrogen (secondary N) is 1. The van der Waals surface area contributed by atoms with Gasteiger partial charge in [-0.3, -0.25) is 25.0 Å². The van der Waals surface area contributed by atoms with Crippen LogP contribution in [0.5, 0.6) is 11.5 Å². The average Bonchev–Trinajstić information content (AvgIpc) is 2.78. The second kappa shape index (κ2) is 9.83. The molecule has 0 fully saturated rings. The van der Waals surface area contributed by atoms with Crippen molar-refractivity contribution in [3.8, 4) is 11.5 Å². The van der Waals surface area contributed by atoms with Crippen LogP contribution < -0.4 is 14.8 Å². The third kappa shape index (κ3) is 6.00. The zero-order valence-electron chi connectivity index (χ0n) is 16.1. The van der Waals surface area contributed by atoms with Gasteiger partial charge in [-0.05, 0) is 36.4 Å². The summed E-state index contributed by atoms with van der Waals surface area (Å²) in [5.74, 6) is 0.586. The van der Waals surface area contributed by atoms with Gasteiger partial charge in [0, 0.05) is 17.8 Å². The highest BCUT2D eigenvalue weighted by molar-refractivity contribution is 6.05. The van der Waals surface area contributed by atoms with E-state index in [0.717, 1.165) is 23.9 Å². The molecular formula is C21H17N3O7. The number of nitro groups is 2. The van der Waals surface area contributed by atoms with Crippen LogP contribution in [-0.2, 0) is 0 Å². The quantitative estimate of drug-likeness (QED) is 0.309. The monoisotopic (exact) mass is 423 g/mol. The minimum Gasteiger partial charge on any atom is -0.490 e. The van der Waals surface area contributed by atoms with Gasteiger partial charge >= 0.3 is 0 Å². The molecule has 0 radical (unpaired) electrons. The number of rotatable bonds is 9. The molecule has 0 heterocycles. The minimum absolute atomic E-state index is 0.195. The van der Waals surface area contributed by atoms with Gasteiger partial charge in [-0.25, -0.2) is 0 Å². The number of ether oxygens (including phenoxy) is 2. The van der Waals surface area contributed by atoms with E-state index in [2.05, 4.69) is 5.32 Å². The smallest absolute Gasteiger partial charge is 0.277 e. The Kier molecular flexibility index (Phi) is 6.74. The highest BCUT2D eigenvalue weighted by atomic mass is 16.6. The van der Waals surface area contributed by atoms with Gasteiger partial charge in [0.2, 0.25) is 0 Å². The third-order valence-electron chi connectivity index (χ3n) is 4.06. The minimum atomic E-state index is -0.794. The summed E-state index contributed by atoms with van der Waals surface area (Å²) in [4.78, 5) is 32.7. The molecule has 3 aromatic rings. The summed E-state index contributed by atoms with van der Waals surface area (Å²) < 4.78 is 11.1. The average molecular weight is 423 g/mol. The van der Waals surface area contributed by atoms with E-state index in [4.69, 9.17) is 9.47 Å². The Morgan fingerprint density at radius 3 is 1.81 bits per heavy atom. The summed E-state index contributed by atoms with van der Waals surface area (Å²) in [5.41, 5.74) is -0.882. The summed E-state index contributed by atoms with van der Waals surface area (Å²) in [6.45, 7) is 0.673. The van der Waals surface area contributed by atoms with E-state index in [1.807, 2.05) is 30.3 Å². The van der Waals surface area contributed by atoms with Gasteiger partial charge in [-0.1, -0.05) is 18.2 Å². The van der Waals surface area contributed by atoms with Gasteiger partial charge in [-0.15, -0.1) is 0 Å². The molecule has 158 valence electrons. The number of hydrogen-bond acceptors (Lipinski definition) is 7. The number of carbonyl (C=O) groups is 1. The molecule has 1 N–H and O–H groups in total. The van der Waals surface area contributed by atoms with Gasteiger partial charge in [0.1, 0.15) is 24.7 Å². The summed E-state index contributed by atoms with van der Waals surface area (Å²) >= 11 is 0. The van der Waals surface area contributed by atoms with Crippen molar-refractivity contribution >= 4 is 23.0 Å². The van der Waals surface area contributed by atoms with Gasteiger partial charge in [0.05, 0.1) is 21.5 Å². The number of non-ortho nitro benzene ring substituents is 2. The first-order valence-corrected chi connectivity index (χ1v) is 9.08. The second-order valence-corrected chi connectivity index (χ2v) is 6.24. The number of para-hydroxylation sites is 1. The molecule has 3 rings (SSSR count). The van der Waals surface area contributed by atoms with E-state index in [0.29, 0.717) is 24.7 Å². The van der Waals surface area contributed by atoms with Crippen LogP contribution in [0.4, 0.5) is 17.1 Å². The first kappa shape index (κ1) is 21.2. The molecule has 0 saturated carbocycles. The predicted molar refractivity (Wildman–Crippen MR) is 112 cm³/mol. The Hall–Kier alpha value is -4.47. The topological polar surface area (TPSA) is 134 Å². The molecule has 0 aliphatic heterocycles. The number of nitrogens with zero attached hydrogens (tertiary/aromatic N) is 2. The Morgan fingerprint density at radius 1 is 0.774 bits per heavy atom. The fourth-order valence-electron chi connectivity index (χ4n) is 2.61. The summed E-state index contributed by atoms with van der Waals surface area (Å²) in [7, 11) is 0. The van der Waals surface area contributed by atoms with E-state index in [1.54, 1.807) is 24.3 Å². The standard InChI is InChI=1S/C21H17N3O7/c25-21(15-12-17(23(26)27)14-18(13-15)24(28)29)22-16-6-8-20(9-7-16)31-11-10-30-19-4-2-1-3-5-19/h1-9,12-14H,10-11H2,(H,22,25). The van der Waals surface area contributed by atoms with Crippen LogP contribution in [-0.4, -0.2) is 29.0 Å². The lowest BCUT2D eigenvalue weighted by atomic mass is 10.1. The molecule has 0 aliphatic rings. The van der Waals surface area contributed by atoms with Crippen molar-refractivity contribution in [2.75, 3.05) is 18.5 Å². The molecule has 0 saturated heterocycles. The normalized spacial score (nSPS) is 10.2. The lowest BCUT2D eigenvalue weighted by molar-refractivity contribution is -0.394. The van der Waals surface area contributed by atoms with Crippen molar-refractivity contribution in [2.24, 2.45) is 0 Å². The van der Waals surface area contributed by atoms with Gasteiger partial charge in [0.15, 0.2) is 0 Å². The Bertz CT molecular complexity index is 1050. The lowest BCUT2D eigenvalue weighted by Crippen LogP contribution is -2.13. The highest BCUT2D eigenvalue weighted by Crippen LogP contribution is 2.24. The van der Waals surface area contributed by atoms with Crippen molar-refractivity contribution in [3.05, 3.63) is 98.6 Å². The van der Waals surface area contributed by atoms with Crippen molar-refractivity contribution in [1.82, 2.24) is 0 Å². The second-order valence-electron chi connectivity index (χ2n) is 6.24. The third-order valence-corrected chi connectivity index (χ3v) is 4.06. The maximum Gasteiger partial charge on any atom is 0.277 e. The zero-order valence-corrected chi connectivity index (χ0v) is 16.1. The fourth-order valence-corrected chi connectivity index (χ4v) is 2.61. The van der Waals surface area contributed by atoms with Crippen LogP contribution in [0.25, 0.3) is 0 Å². The van der Waals surface area contributed by atoms with Crippen molar-refractivity contribution in [1.29, 1.82) is 0 Å². The van der Waals surface area contributed by atoms with Crippen molar-refractivity contribution in [2.45, 2.75) is 0 Å². The van der Waals surface area contributed by atoms with Crippen LogP contribution in [0, 0.1) is 20.2 Å². The summed E-state index contributed by atoms with van der Waals surface area (Å²) in [6.07, 6.45) is 0. The zero-order chi connectivity index (χ0) is 22.2. The number of benzene rings is 3. The maximum absolute atomic E-state index is 12.4. The number of carbonyl (C=O) groups excluding carboxylic acids is 1. The Morgan fingerprint density at radius 2 is 1.29 bits per heavy atom. The van der Waals surface area contributed by atoms with E-state index in [1.165, 1.54) is 0 Å². The SMILES string of the molecule is O=C(Nc1ccc(OCCOc2ccccc2)cc1)c1cc([N+](=O)[O-])cc([N+](=O)[O-])c1. The van der Waals surface area contributed by atoms with Crippen LogP contribution in [0.2, 0.25) is 0 Å². The predicted octanol–water partition coefficient (Wildman–Crippen LogP) is 4.21. The molecule has 0 bridgehead atoms. The van der Waals surface area contributed by atoms with Gasteiger partial charge < -0.3 is 14.8 Å². The van der Waals surface area contributed by atoms with E-state index in [9.17, 15) is 25.0 Å². The molecule has 10 heteroatoms. The molecule has 31 heavy (non-hydrogen) atoms. The fraction of sp³-hybridized carbons (Fsp3) is 0.0952. The molecule has 0 aliphatic carbocycles. The molecule has 1 amide bonds. The van der Waals surface area contributed by atoms with E-state index >= 15 is 0 Å². The molecule has 0 spiro atoms. The van der Waals surface area contributed by atoms with Gasteiger partial charge in [-0.2, -0.15) is 0 Å². The van der Waals surface area contributed by atoms with Crippen molar-refractivity contribution < 1.29 is 24.1 Å². The highest BCUT2D eigenvalue weighted by Gasteiger charge is 2.20. The van der Waals surface area contributed by atoms with Crippen LogP contribution >= 0.6 is 0 Å². The number of nitro benzene ring substituents is 2. The molecule has 0 aromatic heterocycles. The number of anilines is 1. The molecular weight excluding hydrogens is 406 g/mol. The van der Waals surface area contributed by atoms with Crippen LogP contribution in [0.3, 0.4) is 0 Å². The first-order valence-electron chi connectivity index (χ1n) is 9.08. The Labute approximate surface area is 176 Å². The van der Waals surface area contributed by atoms with Crippen LogP contribution in [0.1, 0.15) is 10.4 Å². The van der Waals surface area contributed by atoms with E-state index < -0.39 is 27.1 Å². The number of hydrogen-bond donors (Lipinski definition) is 1. The molecule has 3 aromatic carbocycles.